The number of ether oxygens (including phenoxy) is 1. The third-order valence-corrected chi connectivity index (χ3v) is 7.75. The number of aromatic nitrogens is 2. The maximum absolute atomic E-state index is 13.1. The lowest BCUT2D eigenvalue weighted by Crippen LogP contribution is -2.32. The highest BCUT2D eigenvalue weighted by Crippen LogP contribution is 2.36. The largest absolute Gasteiger partial charge is 0.381 e. The fraction of sp³-hybridized carbons (Fsp3) is 0.440. The van der Waals surface area contributed by atoms with E-state index < -0.39 is 0 Å². The van der Waals surface area contributed by atoms with E-state index in [1.165, 1.54) is 11.3 Å². The number of carbonyl (C=O) groups excluding carboxylic acids is 2. The van der Waals surface area contributed by atoms with E-state index in [0.29, 0.717) is 24.0 Å². The normalized spacial score (nSPS) is 18.5. The van der Waals surface area contributed by atoms with Crippen LogP contribution in [0.3, 0.4) is 0 Å². The summed E-state index contributed by atoms with van der Waals surface area (Å²) in [7, 11) is 0. The molecule has 2 aliphatic heterocycles. The topological polar surface area (TPSA) is 84.4 Å². The van der Waals surface area contributed by atoms with Gasteiger partial charge in [0.05, 0.1) is 21.6 Å². The molecule has 1 N–H and O–H groups in total. The zero-order valence-electron chi connectivity index (χ0n) is 18.4. The van der Waals surface area contributed by atoms with Crippen LogP contribution in [-0.2, 0) is 20.7 Å². The molecule has 2 fully saturated rings. The molecule has 0 bridgehead atoms. The van der Waals surface area contributed by atoms with Crippen LogP contribution < -0.4 is 10.2 Å². The van der Waals surface area contributed by atoms with Gasteiger partial charge in [-0.3, -0.25) is 14.6 Å². The van der Waals surface area contributed by atoms with E-state index >= 15 is 0 Å². The minimum Gasteiger partial charge on any atom is -0.381 e. The van der Waals surface area contributed by atoms with Gasteiger partial charge in [-0.05, 0) is 55.4 Å². The molecule has 2 amide bonds. The first-order valence-electron chi connectivity index (χ1n) is 11.7. The van der Waals surface area contributed by atoms with E-state index in [-0.39, 0.29) is 17.7 Å². The van der Waals surface area contributed by atoms with Crippen molar-refractivity contribution in [2.45, 2.75) is 38.5 Å². The van der Waals surface area contributed by atoms with Crippen molar-refractivity contribution in [3.8, 4) is 11.1 Å². The second-order valence-corrected chi connectivity index (χ2v) is 10.2. The molecule has 0 atom stereocenters. The van der Waals surface area contributed by atoms with Crippen molar-refractivity contribution < 1.29 is 14.3 Å². The SMILES string of the molecule is O=C(Nc1nc2ccc(-c3cnc4c(c3)N(C(=O)CC3CCOCC3)CC4)cc2s1)C1CC1. The van der Waals surface area contributed by atoms with Crippen molar-refractivity contribution in [1.29, 1.82) is 0 Å². The van der Waals surface area contributed by atoms with Gasteiger partial charge >= 0.3 is 0 Å². The summed E-state index contributed by atoms with van der Waals surface area (Å²) in [6.07, 6.45) is 7.14. The second kappa shape index (κ2) is 8.50. The number of nitrogens with one attached hydrogen (secondary N) is 1. The quantitative estimate of drug-likeness (QED) is 0.607. The van der Waals surface area contributed by atoms with Crippen molar-refractivity contribution in [1.82, 2.24) is 9.97 Å². The van der Waals surface area contributed by atoms with Crippen molar-refractivity contribution >= 4 is 44.2 Å². The van der Waals surface area contributed by atoms with Crippen LogP contribution in [0.2, 0.25) is 0 Å². The van der Waals surface area contributed by atoms with E-state index in [1.807, 2.05) is 23.2 Å². The average molecular weight is 463 g/mol. The first-order chi connectivity index (χ1) is 16.1. The Morgan fingerprint density at radius 2 is 1.97 bits per heavy atom. The number of carbonyl (C=O) groups is 2. The molecule has 8 heteroatoms. The van der Waals surface area contributed by atoms with E-state index in [4.69, 9.17) is 4.74 Å². The molecule has 0 unspecified atom stereocenters. The van der Waals surface area contributed by atoms with E-state index in [1.54, 1.807) is 0 Å². The summed E-state index contributed by atoms with van der Waals surface area (Å²) in [6.45, 7) is 2.21. The average Bonchev–Trinajstić information content (AvgIpc) is 3.48. The number of amides is 2. The van der Waals surface area contributed by atoms with Crippen LogP contribution in [0.25, 0.3) is 21.3 Å². The van der Waals surface area contributed by atoms with Crippen LogP contribution >= 0.6 is 11.3 Å². The maximum atomic E-state index is 13.1. The Labute approximate surface area is 196 Å². The van der Waals surface area contributed by atoms with E-state index in [0.717, 1.165) is 78.0 Å². The molecule has 7 nitrogen and oxygen atoms in total. The molecule has 1 saturated heterocycles. The fourth-order valence-corrected chi connectivity index (χ4v) is 5.59. The van der Waals surface area contributed by atoms with Crippen LogP contribution in [0, 0.1) is 11.8 Å². The van der Waals surface area contributed by atoms with Crippen molar-refractivity contribution in [2.75, 3.05) is 30.0 Å². The number of benzene rings is 1. The Balaban J connectivity index is 1.23. The minimum atomic E-state index is 0.0719. The Morgan fingerprint density at radius 1 is 1.12 bits per heavy atom. The number of nitrogens with zero attached hydrogens (tertiary/aromatic N) is 3. The Morgan fingerprint density at radius 3 is 2.79 bits per heavy atom. The number of hydrogen-bond acceptors (Lipinski definition) is 6. The number of anilines is 2. The van der Waals surface area contributed by atoms with Gasteiger partial charge in [0.25, 0.3) is 0 Å². The van der Waals surface area contributed by atoms with Crippen LogP contribution in [0.1, 0.15) is 37.8 Å². The molecule has 6 rings (SSSR count). The van der Waals surface area contributed by atoms with E-state index in [2.05, 4.69) is 27.4 Å². The first-order valence-corrected chi connectivity index (χ1v) is 12.5. The standard InChI is InChI=1S/C25H26N4O3S/c30-23(11-15-6-9-32-10-7-15)29-8-5-19-21(29)12-18(14-26-19)17-3-4-20-22(13-17)33-25(27-20)28-24(31)16-1-2-16/h3-4,12-16H,1-2,5-11H2,(H,27,28,31). The molecule has 2 aromatic heterocycles. The van der Waals surface area contributed by atoms with Crippen LogP contribution in [0.5, 0.6) is 0 Å². The summed E-state index contributed by atoms with van der Waals surface area (Å²) in [6, 6.07) is 8.19. The third-order valence-electron chi connectivity index (χ3n) is 6.82. The molecule has 0 spiro atoms. The predicted molar refractivity (Wildman–Crippen MR) is 128 cm³/mol. The lowest BCUT2D eigenvalue weighted by molar-refractivity contribution is -0.120. The van der Waals surface area contributed by atoms with Gasteiger partial charge in [0.15, 0.2) is 5.13 Å². The van der Waals surface area contributed by atoms with Crippen LogP contribution in [0.4, 0.5) is 10.8 Å². The highest BCUT2D eigenvalue weighted by atomic mass is 32.1. The zero-order chi connectivity index (χ0) is 22.4. The monoisotopic (exact) mass is 462 g/mol. The summed E-state index contributed by atoms with van der Waals surface area (Å²) in [5, 5.41) is 3.59. The molecular formula is C25H26N4O3S. The first kappa shape index (κ1) is 20.7. The van der Waals surface area contributed by atoms with Gasteiger partial charge in [0, 0.05) is 50.3 Å². The van der Waals surface area contributed by atoms with Gasteiger partial charge in [-0.15, -0.1) is 0 Å². The lowest BCUT2D eigenvalue weighted by Gasteiger charge is -2.24. The Hall–Kier alpha value is -2.84. The second-order valence-electron chi connectivity index (χ2n) is 9.21. The summed E-state index contributed by atoms with van der Waals surface area (Å²) < 4.78 is 6.45. The zero-order valence-corrected chi connectivity index (χ0v) is 19.2. The molecule has 4 heterocycles. The van der Waals surface area contributed by atoms with Crippen LogP contribution in [-0.4, -0.2) is 41.5 Å². The third kappa shape index (κ3) is 4.25. The van der Waals surface area contributed by atoms with Gasteiger partial charge in [0.2, 0.25) is 11.8 Å². The number of rotatable bonds is 5. The number of hydrogen-bond donors (Lipinski definition) is 1. The molecule has 33 heavy (non-hydrogen) atoms. The molecular weight excluding hydrogens is 436 g/mol. The summed E-state index contributed by atoms with van der Waals surface area (Å²) in [5.41, 5.74) is 4.82. The summed E-state index contributed by atoms with van der Waals surface area (Å²) in [4.78, 5) is 36.3. The molecule has 170 valence electrons. The molecule has 0 radical (unpaired) electrons. The summed E-state index contributed by atoms with van der Waals surface area (Å²) >= 11 is 1.49. The van der Waals surface area contributed by atoms with Crippen LogP contribution in [0.15, 0.2) is 30.5 Å². The van der Waals surface area contributed by atoms with Crippen molar-refractivity contribution in [3.05, 3.63) is 36.2 Å². The highest BCUT2D eigenvalue weighted by molar-refractivity contribution is 7.22. The molecule has 1 aromatic carbocycles. The molecule has 1 aliphatic carbocycles. The maximum Gasteiger partial charge on any atom is 0.229 e. The smallest absolute Gasteiger partial charge is 0.229 e. The number of pyridine rings is 1. The molecule has 3 aliphatic rings. The highest BCUT2D eigenvalue weighted by Gasteiger charge is 2.30. The number of fused-ring (bicyclic) bond motifs is 2. The minimum absolute atomic E-state index is 0.0719. The Bertz CT molecular complexity index is 1230. The van der Waals surface area contributed by atoms with E-state index in [9.17, 15) is 9.59 Å². The van der Waals surface area contributed by atoms with Gasteiger partial charge < -0.3 is 15.0 Å². The van der Waals surface area contributed by atoms with Gasteiger partial charge in [-0.2, -0.15) is 0 Å². The fourth-order valence-electron chi connectivity index (χ4n) is 4.68. The van der Waals surface area contributed by atoms with Crippen molar-refractivity contribution in [2.24, 2.45) is 11.8 Å². The predicted octanol–water partition coefficient (Wildman–Crippen LogP) is 4.41. The molecule has 3 aromatic rings. The van der Waals surface area contributed by atoms with Gasteiger partial charge in [0.1, 0.15) is 0 Å². The Kier molecular flexibility index (Phi) is 5.34. The number of thiazole rings is 1. The van der Waals surface area contributed by atoms with Gasteiger partial charge in [-0.25, -0.2) is 4.98 Å². The lowest BCUT2D eigenvalue weighted by atomic mass is 9.96. The summed E-state index contributed by atoms with van der Waals surface area (Å²) in [5.74, 6) is 0.827. The van der Waals surface area contributed by atoms with Gasteiger partial charge in [-0.1, -0.05) is 17.4 Å². The molecule has 1 saturated carbocycles. The van der Waals surface area contributed by atoms with Crippen molar-refractivity contribution in [3.63, 3.8) is 0 Å².